The lowest BCUT2D eigenvalue weighted by Crippen LogP contribution is -2.21. The first-order valence-electron chi connectivity index (χ1n) is 8.77. The summed E-state index contributed by atoms with van der Waals surface area (Å²) in [4.78, 5) is 0. The van der Waals surface area contributed by atoms with Gasteiger partial charge in [-0.05, 0) is 75.9 Å². The second kappa shape index (κ2) is 7.32. The number of hydrogen-bond acceptors (Lipinski definition) is 2. The van der Waals surface area contributed by atoms with Gasteiger partial charge in [-0.15, -0.1) is 0 Å². The summed E-state index contributed by atoms with van der Waals surface area (Å²) in [5.41, 5.74) is 8.65. The summed E-state index contributed by atoms with van der Waals surface area (Å²) in [5, 5.41) is 5.64. The van der Waals surface area contributed by atoms with Crippen LogP contribution in [0.15, 0.2) is 59.4 Å². The van der Waals surface area contributed by atoms with E-state index < -0.39 is 0 Å². The summed E-state index contributed by atoms with van der Waals surface area (Å²) >= 11 is 3.77. The van der Waals surface area contributed by atoms with Crippen molar-refractivity contribution >= 4 is 28.1 Å². The minimum Gasteiger partial charge on any atom is -0.309 e. The van der Waals surface area contributed by atoms with Crippen molar-refractivity contribution in [2.45, 2.75) is 25.7 Å². The average molecular weight is 393 g/mol. The van der Waals surface area contributed by atoms with Crippen LogP contribution >= 0.6 is 15.9 Å². The number of hydrazine groups is 1. The second-order valence-electron chi connectivity index (χ2n) is 6.38. The van der Waals surface area contributed by atoms with Crippen molar-refractivity contribution in [2.75, 3.05) is 0 Å². The molecule has 25 heavy (non-hydrogen) atoms. The number of nitrogens with one attached hydrogen (secondary N) is 2. The predicted octanol–water partition coefficient (Wildman–Crippen LogP) is 3.31. The maximum atomic E-state index is 3.77. The third-order valence-electron chi connectivity index (χ3n) is 4.85. The number of rotatable bonds is 0. The molecule has 2 nitrogen and oxygen atoms in total. The predicted molar refractivity (Wildman–Crippen MR) is 108 cm³/mol. The van der Waals surface area contributed by atoms with E-state index in [1.165, 1.54) is 44.6 Å². The lowest BCUT2D eigenvalue weighted by molar-refractivity contribution is 0.767. The van der Waals surface area contributed by atoms with Gasteiger partial charge >= 0.3 is 0 Å². The summed E-state index contributed by atoms with van der Waals surface area (Å²) in [6.45, 7) is 0. The van der Waals surface area contributed by atoms with Gasteiger partial charge in [-0.3, -0.25) is 0 Å². The van der Waals surface area contributed by atoms with Crippen molar-refractivity contribution in [3.05, 3.63) is 91.4 Å². The van der Waals surface area contributed by atoms with Gasteiger partial charge in [-0.25, -0.2) is 0 Å². The summed E-state index contributed by atoms with van der Waals surface area (Å²) in [7, 11) is 0. The minimum absolute atomic E-state index is 1.08. The minimum atomic E-state index is 1.08. The first-order valence-corrected chi connectivity index (χ1v) is 9.56. The third kappa shape index (κ3) is 3.29. The van der Waals surface area contributed by atoms with Gasteiger partial charge in [0.2, 0.25) is 0 Å². The number of allylic oxidation sites excluding steroid dienone is 2. The van der Waals surface area contributed by atoms with Crippen LogP contribution < -0.4 is 21.3 Å². The maximum Gasteiger partial charge on any atom is 0.0253 e. The lowest BCUT2D eigenvalue weighted by Gasteiger charge is -2.17. The van der Waals surface area contributed by atoms with E-state index in [0.29, 0.717) is 0 Å². The molecule has 5 rings (SSSR count). The molecule has 1 aliphatic heterocycles. The summed E-state index contributed by atoms with van der Waals surface area (Å²) in [6, 6.07) is 11.1. The van der Waals surface area contributed by atoms with Gasteiger partial charge in [0.1, 0.15) is 0 Å². The van der Waals surface area contributed by atoms with E-state index in [-0.39, 0.29) is 0 Å². The van der Waals surface area contributed by atoms with Crippen LogP contribution in [0.1, 0.15) is 24.0 Å². The van der Waals surface area contributed by atoms with Crippen molar-refractivity contribution in [3.8, 4) is 0 Å². The molecule has 2 N–H and O–H groups in total. The fourth-order valence-electron chi connectivity index (χ4n) is 3.70. The van der Waals surface area contributed by atoms with Crippen molar-refractivity contribution in [1.29, 1.82) is 0 Å². The Kier molecular flexibility index (Phi) is 4.75. The molecule has 0 radical (unpaired) electrons. The van der Waals surface area contributed by atoms with E-state index in [9.17, 15) is 0 Å². The van der Waals surface area contributed by atoms with E-state index in [4.69, 9.17) is 0 Å². The van der Waals surface area contributed by atoms with Crippen LogP contribution in [0.5, 0.6) is 0 Å². The molecule has 0 bridgehead atoms. The van der Waals surface area contributed by atoms with Gasteiger partial charge in [0.05, 0.1) is 0 Å². The van der Waals surface area contributed by atoms with Gasteiger partial charge in [-0.2, -0.15) is 0 Å². The Bertz CT molecular complexity index is 1050. The van der Waals surface area contributed by atoms with Gasteiger partial charge in [-0.1, -0.05) is 52.3 Å². The lowest BCUT2D eigenvalue weighted by atomic mass is 9.89. The van der Waals surface area contributed by atoms with Gasteiger partial charge in [0, 0.05) is 16.9 Å². The molecule has 1 heterocycles. The molecule has 0 aromatic heterocycles. The first-order chi connectivity index (χ1) is 12.3. The van der Waals surface area contributed by atoms with Crippen LogP contribution in [0.3, 0.4) is 0 Å². The highest BCUT2D eigenvalue weighted by Crippen LogP contribution is 2.21. The highest BCUT2D eigenvalue weighted by atomic mass is 79.9. The van der Waals surface area contributed by atoms with Crippen LogP contribution in [0.4, 0.5) is 0 Å². The topological polar surface area (TPSA) is 24.1 Å². The molecule has 2 aliphatic carbocycles. The average Bonchev–Trinajstić information content (AvgIpc) is 2.70. The Labute approximate surface area is 156 Å². The molecule has 0 amide bonds. The summed E-state index contributed by atoms with van der Waals surface area (Å²) in [5.74, 6) is 0. The van der Waals surface area contributed by atoms with Gasteiger partial charge < -0.3 is 10.9 Å². The van der Waals surface area contributed by atoms with Gasteiger partial charge in [0.15, 0.2) is 0 Å². The maximum absolute atomic E-state index is 3.77. The molecule has 0 saturated carbocycles. The van der Waals surface area contributed by atoms with Crippen molar-refractivity contribution in [3.63, 3.8) is 0 Å². The van der Waals surface area contributed by atoms with Crippen LogP contribution in [0.25, 0.3) is 12.2 Å². The Balaban J connectivity index is 0.000000223. The number of halogens is 1. The zero-order valence-electron chi connectivity index (χ0n) is 14.1. The van der Waals surface area contributed by atoms with Crippen LogP contribution in [0.2, 0.25) is 0 Å². The Hall–Kier alpha value is -2.26. The highest BCUT2D eigenvalue weighted by molar-refractivity contribution is 9.10. The molecule has 0 spiro atoms. The molecule has 3 heteroatoms. The van der Waals surface area contributed by atoms with E-state index >= 15 is 0 Å². The molecule has 3 aliphatic rings. The largest absolute Gasteiger partial charge is 0.309 e. The van der Waals surface area contributed by atoms with Crippen LogP contribution in [-0.2, 0) is 12.8 Å². The number of benzene rings is 2. The zero-order chi connectivity index (χ0) is 17.1. The molecule has 0 saturated heterocycles. The molecule has 0 fully saturated rings. The zero-order valence-corrected chi connectivity index (χ0v) is 15.6. The Morgan fingerprint density at radius 1 is 0.880 bits per heavy atom. The standard InChI is InChI=1S/C18H15Br.C4H6N2/c19-18-11-17-13-6-2-1-5-12(13)9-10-15(17)14-7-3-4-8-16(14)18;1-2-4-6-5-3-1/h1-2,5-6,8-9,11H,3-4,7,10H2;1-6H. The van der Waals surface area contributed by atoms with E-state index in [2.05, 4.69) is 69.3 Å². The smallest absolute Gasteiger partial charge is 0.0253 e. The SMILES string of the molecule is Brc1cc2c(c3c1=CCCC3)CC=c1ccccc1=2.C1=CNNC=C1. The van der Waals surface area contributed by atoms with Crippen molar-refractivity contribution < 1.29 is 0 Å². The number of hydrogen-bond donors (Lipinski definition) is 2. The van der Waals surface area contributed by atoms with Crippen molar-refractivity contribution in [1.82, 2.24) is 10.9 Å². The normalized spacial score (nSPS) is 15.7. The number of fused-ring (bicyclic) bond motifs is 4. The van der Waals surface area contributed by atoms with E-state index in [0.717, 1.165) is 6.42 Å². The third-order valence-corrected chi connectivity index (χ3v) is 5.51. The molecule has 2 aromatic rings. The van der Waals surface area contributed by atoms with E-state index in [1.807, 2.05) is 24.6 Å². The molecular weight excluding hydrogens is 372 g/mol. The second-order valence-corrected chi connectivity index (χ2v) is 7.23. The Morgan fingerprint density at radius 3 is 2.44 bits per heavy atom. The van der Waals surface area contributed by atoms with Crippen LogP contribution in [0, 0.1) is 10.4 Å². The fourth-order valence-corrected chi connectivity index (χ4v) is 4.33. The highest BCUT2D eigenvalue weighted by Gasteiger charge is 2.13. The summed E-state index contributed by atoms with van der Waals surface area (Å²) in [6.07, 6.45) is 17.0. The fraction of sp³-hybridized carbons (Fsp3) is 0.182. The molecular formula is C22H21BrN2. The molecule has 126 valence electrons. The summed E-state index contributed by atoms with van der Waals surface area (Å²) < 4.78 is 1.26. The first kappa shape index (κ1) is 16.2. The van der Waals surface area contributed by atoms with E-state index in [1.54, 1.807) is 11.1 Å². The van der Waals surface area contributed by atoms with Crippen molar-refractivity contribution in [2.24, 2.45) is 0 Å². The monoisotopic (exact) mass is 392 g/mol. The molecule has 2 aromatic carbocycles. The molecule has 0 atom stereocenters. The van der Waals surface area contributed by atoms with Gasteiger partial charge in [0.25, 0.3) is 0 Å². The van der Waals surface area contributed by atoms with Crippen LogP contribution in [-0.4, -0.2) is 0 Å². The quantitative estimate of drug-likeness (QED) is 0.718. The Morgan fingerprint density at radius 2 is 1.68 bits per heavy atom. The molecule has 0 unspecified atom stereocenters.